The van der Waals surface area contributed by atoms with Gasteiger partial charge < -0.3 is 4.90 Å². The molecule has 0 aromatic heterocycles. The second-order valence-electron chi connectivity index (χ2n) is 16.8. The van der Waals surface area contributed by atoms with Crippen LogP contribution in [0.25, 0.3) is 44.5 Å². The molecule has 0 radical (unpaired) electrons. The van der Waals surface area contributed by atoms with Gasteiger partial charge >= 0.3 is 0 Å². The highest BCUT2D eigenvalue weighted by molar-refractivity contribution is 5.93. The largest absolute Gasteiger partial charge is 0.310 e. The minimum absolute atomic E-state index is 0.162. The molecule has 6 aromatic carbocycles. The second-order valence-corrected chi connectivity index (χ2v) is 16.8. The maximum atomic E-state index is 4.28. The Morgan fingerprint density at radius 1 is 0.609 bits per heavy atom. The number of hydrogen-bond donors (Lipinski definition) is 0. The molecule has 8 rings (SSSR count). The van der Waals surface area contributed by atoms with Crippen LogP contribution in [-0.4, -0.2) is 0 Å². The van der Waals surface area contributed by atoms with Gasteiger partial charge in [-0.1, -0.05) is 222 Å². The number of fused-ring (bicyclic) bond motifs is 3. The van der Waals surface area contributed by atoms with Crippen molar-refractivity contribution in [3.8, 4) is 33.4 Å². The van der Waals surface area contributed by atoms with Gasteiger partial charge in [0, 0.05) is 28.4 Å². The Morgan fingerprint density at radius 2 is 1.31 bits per heavy atom. The zero-order valence-corrected chi connectivity index (χ0v) is 37.4. The van der Waals surface area contributed by atoms with E-state index in [0.29, 0.717) is 5.92 Å². The summed E-state index contributed by atoms with van der Waals surface area (Å²) in [4.78, 5) is 2.43. The van der Waals surface area contributed by atoms with Crippen LogP contribution in [0.5, 0.6) is 0 Å². The smallest absolute Gasteiger partial charge is 0.0468 e. The molecule has 0 N–H and O–H groups in total. The van der Waals surface area contributed by atoms with E-state index in [4.69, 9.17) is 0 Å². The van der Waals surface area contributed by atoms with Crippen molar-refractivity contribution in [3.63, 3.8) is 0 Å². The monoisotopic (exact) mass is 827 g/mol. The summed E-state index contributed by atoms with van der Waals surface area (Å²) < 4.78 is 0. The molecule has 314 valence electrons. The SMILES string of the molecule is C=C/C=C\C=C\C/C=C\C(=C/C)c1ccc(N(c2ccc(-c3ccc(C4C=CC=CC4)cc3)c(-c3ccccc3)c2)c2ccc3c(c2)C(C)(C)c2ccccc2-3)cc1/C(C=C)=C/C=C. The summed E-state index contributed by atoms with van der Waals surface area (Å²) in [5.74, 6) is 0.403. The minimum atomic E-state index is -0.162. The van der Waals surface area contributed by atoms with Gasteiger partial charge in [0.2, 0.25) is 0 Å². The van der Waals surface area contributed by atoms with Crippen LogP contribution >= 0.6 is 0 Å². The van der Waals surface area contributed by atoms with Gasteiger partial charge in [0.05, 0.1) is 0 Å². The molecule has 0 amide bonds. The fourth-order valence-electron chi connectivity index (χ4n) is 9.27. The molecule has 1 nitrogen and oxygen atoms in total. The second kappa shape index (κ2) is 19.7. The predicted molar refractivity (Wildman–Crippen MR) is 279 cm³/mol. The van der Waals surface area contributed by atoms with Gasteiger partial charge in [-0.05, 0) is 129 Å². The Bertz CT molecular complexity index is 2900. The predicted octanol–water partition coefficient (Wildman–Crippen LogP) is 17.8. The van der Waals surface area contributed by atoms with E-state index in [0.717, 1.165) is 52.2 Å². The van der Waals surface area contributed by atoms with Gasteiger partial charge in [-0.3, -0.25) is 0 Å². The highest BCUT2D eigenvalue weighted by Crippen LogP contribution is 2.51. The number of hydrogen-bond acceptors (Lipinski definition) is 1. The molecular weight excluding hydrogens is 771 g/mol. The Hall–Kier alpha value is -7.48. The van der Waals surface area contributed by atoms with Crippen molar-refractivity contribution in [3.05, 3.63) is 272 Å². The summed E-state index contributed by atoms with van der Waals surface area (Å²) in [7, 11) is 0. The lowest BCUT2D eigenvalue weighted by Gasteiger charge is -2.30. The van der Waals surface area contributed by atoms with Gasteiger partial charge in [0.25, 0.3) is 0 Å². The van der Waals surface area contributed by atoms with E-state index in [1.807, 2.05) is 24.3 Å². The summed E-state index contributed by atoms with van der Waals surface area (Å²) in [5, 5.41) is 0. The lowest BCUT2D eigenvalue weighted by atomic mass is 9.82. The Labute approximate surface area is 381 Å². The third-order valence-electron chi connectivity index (χ3n) is 12.6. The molecule has 0 bridgehead atoms. The Balaban J connectivity index is 1.30. The average Bonchev–Trinajstić information content (AvgIpc) is 3.57. The van der Waals surface area contributed by atoms with Crippen molar-refractivity contribution in [1.82, 2.24) is 0 Å². The normalized spacial score (nSPS) is 15.5. The van der Waals surface area contributed by atoms with Gasteiger partial charge in [-0.25, -0.2) is 0 Å². The highest BCUT2D eigenvalue weighted by atomic mass is 15.1. The van der Waals surface area contributed by atoms with E-state index in [1.54, 1.807) is 6.08 Å². The quantitative estimate of drug-likeness (QED) is 0.0932. The molecule has 0 saturated carbocycles. The Morgan fingerprint density at radius 3 is 2.05 bits per heavy atom. The third kappa shape index (κ3) is 8.89. The van der Waals surface area contributed by atoms with Crippen molar-refractivity contribution < 1.29 is 0 Å². The lowest BCUT2D eigenvalue weighted by Crippen LogP contribution is -2.16. The molecular formula is C63H57N. The summed E-state index contributed by atoms with van der Waals surface area (Å²) in [5.41, 5.74) is 18.8. The molecule has 2 aliphatic carbocycles. The van der Waals surface area contributed by atoms with E-state index in [9.17, 15) is 0 Å². The van der Waals surface area contributed by atoms with Gasteiger partial charge in [-0.2, -0.15) is 0 Å². The first kappa shape index (κ1) is 43.2. The molecule has 0 saturated heterocycles. The fraction of sp³-hybridized carbons (Fsp3) is 0.111. The number of nitrogens with zero attached hydrogens (tertiary/aromatic N) is 1. The Kier molecular flexibility index (Phi) is 13.3. The van der Waals surface area contributed by atoms with Crippen molar-refractivity contribution >= 4 is 28.2 Å². The van der Waals surface area contributed by atoms with Crippen LogP contribution in [0.2, 0.25) is 0 Å². The van der Waals surface area contributed by atoms with Crippen LogP contribution in [0.3, 0.4) is 0 Å². The molecule has 2 aliphatic rings. The third-order valence-corrected chi connectivity index (χ3v) is 12.6. The van der Waals surface area contributed by atoms with E-state index >= 15 is 0 Å². The van der Waals surface area contributed by atoms with E-state index < -0.39 is 0 Å². The molecule has 0 spiro atoms. The summed E-state index contributed by atoms with van der Waals surface area (Å²) in [6.45, 7) is 18.9. The van der Waals surface area contributed by atoms with Crippen LogP contribution < -0.4 is 4.90 Å². The van der Waals surface area contributed by atoms with Gasteiger partial charge in [0.1, 0.15) is 0 Å². The number of allylic oxidation sites excluding steroid dienone is 17. The fourth-order valence-corrected chi connectivity index (χ4v) is 9.27. The topological polar surface area (TPSA) is 3.24 Å². The molecule has 64 heavy (non-hydrogen) atoms. The molecule has 1 unspecified atom stereocenters. The van der Waals surface area contributed by atoms with Crippen LogP contribution in [0.4, 0.5) is 17.1 Å². The summed E-state index contributed by atoms with van der Waals surface area (Å²) in [6.07, 6.45) is 33.0. The molecule has 0 fully saturated rings. The molecule has 1 atom stereocenters. The lowest BCUT2D eigenvalue weighted by molar-refractivity contribution is 0.660. The first-order valence-electron chi connectivity index (χ1n) is 22.4. The maximum absolute atomic E-state index is 4.28. The summed E-state index contributed by atoms with van der Waals surface area (Å²) >= 11 is 0. The maximum Gasteiger partial charge on any atom is 0.0468 e. The minimum Gasteiger partial charge on any atom is -0.310 e. The number of anilines is 3. The number of rotatable bonds is 15. The standard InChI is InChI=1S/C63H57N/c1-7-11-12-13-14-15-18-26-47(10-4)55-40-37-52(43-59(55)46(9-3)25-8-2)64(54-39-42-58-57-31-23-24-32-61(57)63(5,6)62(58)45-54)53-38-41-56(60(44-53)50-29-21-17-22-30-50)51-35-33-49(34-36-51)48-27-19-16-20-28-48/h7-14,16-27,29-45,48H,1-3,15,28H2,4-6H3/b12-11-,14-13+,26-18-,46-25+,47-10+. The van der Waals surface area contributed by atoms with Crippen molar-refractivity contribution in [2.45, 2.75) is 44.9 Å². The van der Waals surface area contributed by atoms with Gasteiger partial charge in [-0.15, -0.1) is 0 Å². The summed E-state index contributed by atoms with van der Waals surface area (Å²) in [6, 6.07) is 49.7. The van der Waals surface area contributed by atoms with Crippen LogP contribution in [0, 0.1) is 0 Å². The van der Waals surface area contributed by atoms with Gasteiger partial charge in [0.15, 0.2) is 0 Å². The zero-order chi connectivity index (χ0) is 44.5. The van der Waals surface area contributed by atoms with Crippen molar-refractivity contribution in [1.29, 1.82) is 0 Å². The van der Waals surface area contributed by atoms with E-state index in [-0.39, 0.29) is 5.41 Å². The van der Waals surface area contributed by atoms with Crippen molar-refractivity contribution in [2.24, 2.45) is 0 Å². The first-order valence-corrected chi connectivity index (χ1v) is 22.4. The van der Waals surface area contributed by atoms with Crippen LogP contribution in [-0.2, 0) is 5.41 Å². The molecule has 0 heterocycles. The first-order chi connectivity index (χ1) is 31.4. The molecule has 0 aliphatic heterocycles. The average molecular weight is 828 g/mol. The number of benzene rings is 6. The highest BCUT2D eigenvalue weighted by Gasteiger charge is 2.36. The van der Waals surface area contributed by atoms with E-state index in [2.05, 4.69) is 240 Å². The molecule has 1 heteroatoms. The van der Waals surface area contributed by atoms with Crippen molar-refractivity contribution in [2.75, 3.05) is 4.90 Å². The van der Waals surface area contributed by atoms with E-state index in [1.165, 1.54) is 50.1 Å². The van der Waals surface area contributed by atoms with Crippen LogP contribution in [0.1, 0.15) is 67.3 Å². The van der Waals surface area contributed by atoms with Crippen LogP contribution in [0.15, 0.2) is 244 Å². The zero-order valence-electron chi connectivity index (χ0n) is 37.4. The molecule has 6 aromatic rings.